The Morgan fingerprint density at radius 3 is 1.87 bits per heavy atom. The maximum absolute atomic E-state index is 5.34. The third kappa shape index (κ3) is 13.1. The molecule has 0 unspecified atom stereocenters. The van der Waals surface area contributed by atoms with Gasteiger partial charge in [-0.1, -0.05) is 45.1 Å². The highest BCUT2D eigenvalue weighted by molar-refractivity contribution is 4.88. The highest BCUT2D eigenvalue weighted by atomic mass is 14.6. The van der Waals surface area contributed by atoms with Crippen LogP contribution in [0.3, 0.4) is 0 Å². The zero-order valence-corrected chi connectivity index (χ0v) is 9.86. The van der Waals surface area contributed by atoms with Gasteiger partial charge in [0.2, 0.25) is 0 Å². The molecule has 86 valence electrons. The van der Waals surface area contributed by atoms with Crippen molar-refractivity contribution in [1.29, 1.82) is 0 Å². The summed E-state index contributed by atoms with van der Waals surface area (Å²) >= 11 is 0. The van der Waals surface area contributed by atoms with Gasteiger partial charge in [0.15, 0.2) is 0 Å². The van der Waals surface area contributed by atoms with E-state index in [9.17, 15) is 0 Å². The van der Waals surface area contributed by atoms with E-state index < -0.39 is 0 Å². The van der Waals surface area contributed by atoms with Crippen molar-refractivity contribution in [2.45, 2.75) is 45.4 Å². The molecule has 1 aromatic rings. The SMILES string of the molecule is CCCCCCCCN.c1ccncc1. The molecule has 1 rings (SSSR count). The second-order valence-electron chi connectivity index (χ2n) is 3.58. The van der Waals surface area contributed by atoms with Crippen molar-refractivity contribution < 1.29 is 0 Å². The van der Waals surface area contributed by atoms with E-state index in [0.29, 0.717) is 0 Å². The molecule has 0 amide bonds. The molecule has 1 aromatic heterocycles. The van der Waals surface area contributed by atoms with Crippen LogP contribution in [0.4, 0.5) is 0 Å². The van der Waals surface area contributed by atoms with E-state index in [1.807, 2.05) is 18.2 Å². The first-order valence-corrected chi connectivity index (χ1v) is 5.97. The zero-order chi connectivity index (χ0) is 11.2. The van der Waals surface area contributed by atoms with Gasteiger partial charge in [-0.3, -0.25) is 4.98 Å². The van der Waals surface area contributed by atoms with Crippen LogP contribution < -0.4 is 5.73 Å². The number of rotatable bonds is 6. The molecule has 2 nitrogen and oxygen atoms in total. The first-order valence-electron chi connectivity index (χ1n) is 5.97. The van der Waals surface area contributed by atoms with Crippen molar-refractivity contribution in [2.24, 2.45) is 5.73 Å². The molecule has 0 aliphatic heterocycles. The van der Waals surface area contributed by atoms with Gasteiger partial charge in [0.25, 0.3) is 0 Å². The highest BCUT2D eigenvalue weighted by Crippen LogP contribution is 2.03. The average molecular weight is 208 g/mol. The standard InChI is InChI=1S/C8H19N.C5H5N/c1-2-3-4-5-6-7-8-9;1-2-4-6-5-3-1/h2-9H2,1H3;1-5H. The van der Waals surface area contributed by atoms with E-state index >= 15 is 0 Å². The van der Waals surface area contributed by atoms with E-state index in [1.165, 1.54) is 38.5 Å². The topological polar surface area (TPSA) is 38.9 Å². The van der Waals surface area contributed by atoms with Gasteiger partial charge < -0.3 is 5.73 Å². The predicted molar refractivity (Wildman–Crippen MR) is 66.7 cm³/mol. The smallest absolute Gasteiger partial charge is 0.0267 e. The van der Waals surface area contributed by atoms with Crippen LogP contribution in [0.2, 0.25) is 0 Å². The molecule has 0 saturated heterocycles. The number of nitrogens with two attached hydrogens (primary N) is 1. The highest BCUT2D eigenvalue weighted by Gasteiger charge is 1.85. The van der Waals surface area contributed by atoms with Crippen molar-refractivity contribution in [3.63, 3.8) is 0 Å². The normalized spacial score (nSPS) is 9.20. The number of pyridine rings is 1. The molecule has 15 heavy (non-hydrogen) atoms. The summed E-state index contributed by atoms with van der Waals surface area (Å²) in [6.45, 7) is 3.11. The van der Waals surface area contributed by atoms with Crippen molar-refractivity contribution in [1.82, 2.24) is 4.98 Å². The van der Waals surface area contributed by atoms with Gasteiger partial charge >= 0.3 is 0 Å². The molecule has 0 fully saturated rings. The Kier molecular flexibility index (Phi) is 12.3. The van der Waals surface area contributed by atoms with Crippen molar-refractivity contribution in [3.05, 3.63) is 30.6 Å². The summed E-state index contributed by atoms with van der Waals surface area (Å²) in [4.78, 5) is 3.78. The predicted octanol–water partition coefficient (Wildman–Crippen LogP) is 3.39. The van der Waals surface area contributed by atoms with Gasteiger partial charge in [-0.25, -0.2) is 0 Å². The first kappa shape index (κ1) is 14.1. The van der Waals surface area contributed by atoms with Gasteiger partial charge in [0.05, 0.1) is 0 Å². The molecule has 2 heteroatoms. The molecule has 1 heterocycles. The summed E-state index contributed by atoms with van der Waals surface area (Å²) in [5.74, 6) is 0. The van der Waals surface area contributed by atoms with Gasteiger partial charge in [0, 0.05) is 12.4 Å². The van der Waals surface area contributed by atoms with Crippen molar-refractivity contribution in [2.75, 3.05) is 6.54 Å². The van der Waals surface area contributed by atoms with Crippen LogP contribution >= 0.6 is 0 Å². The lowest BCUT2D eigenvalue weighted by atomic mass is 10.1. The van der Waals surface area contributed by atoms with E-state index in [1.54, 1.807) is 12.4 Å². The van der Waals surface area contributed by atoms with Gasteiger partial charge in [0.1, 0.15) is 0 Å². The fourth-order valence-electron chi connectivity index (χ4n) is 1.24. The molecule has 0 aromatic carbocycles. The number of hydrogen-bond acceptors (Lipinski definition) is 2. The lowest BCUT2D eigenvalue weighted by Crippen LogP contribution is -1.97. The fourth-order valence-corrected chi connectivity index (χ4v) is 1.24. The van der Waals surface area contributed by atoms with Crippen LogP contribution in [0.15, 0.2) is 30.6 Å². The zero-order valence-electron chi connectivity index (χ0n) is 9.86. The number of aromatic nitrogens is 1. The molecule has 0 aliphatic rings. The molecule has 0 aliphatic carbocycles. The van der Waals surface area contributed by atoms with Crippen LogP contribution in [0.1, 0.15) is 45.4 Å². The van der Waals surface area contributed by atoms with Crippen LogP contribution in [0.25, 0.3) is 0 Å². The molecule has 0 saturated carbocycles. The Hall–Kier alpha value is -0.890. The molecular weight excluding hydrogens is 184 g/mol. The van der Waals surface area contributed by atoms with Crippen LogP contribution in [0, 0.1) is 0 Å². The van der Waals surface area contributed by atoms with Crippen LogP contribution in [0.5, 0.6) is 0 Å². The molecule has 0 radical (unpaired) electrons. The maximum Gasteiger partial charge on any atom is 0.0267 e. The molecule has 0 atom stereocenters. The molecular formula is C13H24N2. The minimum atomic E-state index is 0.867. The van der Waals surface area contributed by atoms with Crippen LogP contribution in [-0.2, 0) is 0 Å². The van der Waals surface area contributed by atoms with Crippen LogP contribution in [-0.4, -0.2) is 11.5 Å². The summed E-state index contributed by atoms with van der Waals surface area (Å²) < 4.78 is 0. The average Bonchev–Trinajstić information content (AvgIpc) is 2.32. The van der Waals surface area contributed by atoms with Gasteiger partial charge in [-0.05, 0) is 25.1 Å². The molecule has 0 bridgehead atoms. The third-order valence-corrected chi connectivity index (χ3v) is 2.12. The Morgan fingerprint density at radius 1 is 0.867 bits per heavy atom. The lowest BCUT2D eigenvalue weighted by molar-refractivity contribution is 0.612. The van der Waals surface area contributed by atoms with E-state index in [4.69, 9.17) is 5.73 Å². The summed E-state index contributed by atoms with van der Waals surface area (Å²) in [6, 6.07) is 5.72. The molecule has 2 N–H and O–H groups in total. The lowest BCUT2D eigenvalue weighted by Gasteiger charge is -1.96. The van der Waals surface area contributed by atoms with Gasteiger partial charge in [-0.2, -0.15) is 0 Å². The Morgan fingerprint density at radius 2 is 1.47 bits per heavy atom. The number of unbranched alkanes of at least 4 members (excludes halogenated alkanes) is 5. The number of nitrogens with zero attached hydrogens (tertiary/aromatic N) is 1. The van der Waals surface area contributed by atoms with E-state index in [-0.39, 0.29) is 0 Å². The van der Waals surface area contributed by atoms with Gasteiger partial charge in [-0.15, -0.1) is 0 Å². The quantitative estimate of drug-likeness (QED) is 0.728. The number of hydrogen-bond donors (Lipinski definition) is 1. The minimum Gasteiger partial charge on any atom is -0.330 e. The monoisotopic (exact) mass is 208 g/mol. The largest absolute Gasteiger partial charge is 0.330 e. The van der Waals surface area contributed by atoms with E-state index in [0.717, 1.165) is 6.54 Å². The summed E-state index contributed by atoms with van der Waals surface area (Å²) in [5.41, 5.74) is 5.34. The third-order valence-electron chi connectivity index (χ3n) is 2.12. The summed E-state index contributed by atoms with van der Waals surface area (Å²) in [7, 11) is 0. The minimum absolute atomic E-state index is 0.867. The summed E-state index contributed by atoms with van der Waals surface area (Å²) in [5, 5.41) is 0. The Balaban J connectivity index is 0.000000280. The second-order valence-corrected chi connectivity index (χ2v) is 3.58. The second kappa shape index (κ2) is 13.1. The van der Waals surface area contributed by atoms with E-state index in [2.05, 4.69) is 11.9 Å². The molecule has 0 spiro atoms. The Bertz CT molecular complexity index is 154. The Labute approximate surface area is 93.9 Å². The first-order chi connectivity index (χ1) is 7.41. The van der Waals surface area contributed by atoms with Crippen molar-refractivity contribution >= 4 is 0 Å². The summed E-state index contributed by atoms with van der Waals surface area (Å²) in [6.07, 6.45) is 11.6. The fraction of sp³-hybridized carbons (Fsp3) is 0.615. The maximum atomic E-state index is 5.34. The van der Waals surface area contributed by atoms with Crippen molar-refractivity contribution in [3.8, 4) is 0 Å².